The van der Waals surface area contributed by atoms with Crippen LogP contribution < -0.4 is 4.90 Å². The van der Waals surface area contributed by atoms with Crippen molar-refractivity contribution in [1.82, 2.24) is 19.7 Å². The van der Waals surface area contributed by atoms with Gasteiger partial charge in [0, 0.05) is 13.1 Å². The summed E-state index contributed by atoms with van der Waals surface area (Å²) in [6.45, 7) is 6.30. The second kappa shape index (κ2) is 6.27. The first kappa shape index (κ1) is 16.1. The molecule has 0 saturated carbocycles. The van der Waals surface area contributed by atoms with Crippen LogP contribution in [0.1, 0.15) is 24.1 Å². The summed E-state index contributed by atoms with van der Waals surface area (Å²) in [7, 11) is 0. The summed E-state index contributed by atoms with van der Waals surface area (Å²) in [6.07, 6.45) is 2.44. The molecule has 0 spiro atoms. The average molecular weight is 357 g/mol. The summed E-state index contributed by atoms with van der Waals surface area (Å²) in [5.74, 6) is 2.05. The first-order valence-corrected chi connectivity index (χ1v) is 9.57. The molecule has 1 aliphatic heterocycles. The van der Waals surface area contributed by atoms with Crippen molar-refractivity contribution in [1.29, 1.82) is 0 Å². The lowest BCUT2D eigenvalue weighted by Gasteiger charge is -2.20. The van der Waals surface area contributed by atoms with Crippen LogP contribution in [0.2, 0.25) is 0 Å². The Morgan fingerprint density at radius 1 is 0.963 bits per heavy atom. The van der Waals surface area contributed by atoms with Crippen LogP contribution in [0.3, 0.4) is 0 Å². The van der Waals surface area contributed by atoms with Crippen LogP contribution in [-0.4, -0.2) is 32.8 Å². The first-order valence-electron chi connectivity index (χ1n) is 9.57. The third-order valence-corrected chi connectivity index (χ3v) is 5.32. The molecule has 0 bridgehead atoms. The van der Waals surface area contributed by atoms with Gasteiger partial charge in [-0.05, 0) is 56.5 Å². The van der Waals surface area contributed by atoms with Crippen molar-refractivity contribution in [3.63, 3.8) is 0 Å². The number of nitrogens with zero attached hydrogens (tertiary/aromatic N) is 4. The van der Waals surface area contributed by atoms with Gasteiger partial charge in [0.2, 0.25) is 0 Å². The van der Waals surface area contributed by atoms with Crippen LogP contribution in [-0.2, 0) is 0 Å². The zero-order chi connectivity index (χ0) is 18.4. The summed E-state index contributed by atoms with van der Waals surface area (Å²) < 4.78 is 2.08. The molecule has 1 saturated heterocycles. The molecule has 1 fully saturated rings. The number of aryl methyl sites for hydroxylation is 2. The molecule has 0 amide bonds. The Hall–Kier alpha value is -3.08. The number of benzene rings is 2. The van der Waals surface area contributed by atoms with Gasteiger partial charge >= 0.3 is 0 Å². The molecule has 0 aliphatic carbocycles. The second-order valence-corrected chi connectivity index (χ2v) is 7.33. The van der Waals surface area contributed by atoms with Crippen LogP contribution in [0, 0.1) is 13.8 Å². The predicted octanol–water partition coefficient (Wildman–Crippen LogP) is 4.63. The van der Waals surface area contributed by atoms with E-state index in [4.69, 9.17) is 10.1 Å². The number of nitrogens with one attached hydrogen (secondary N) is 1. The van der Waals surface area contributed by atoms with Crippen LogP contribution in [0.5, 0.6) is 0 Å². The van der Waals surface area contributed by atoms with Gasteiger partial charge in [-0.3, -0.25) is 0 Å². The number of hydrogen-bond acceptors (Lipinski definition) is 3. The largest absolute Gasteiger partial charge is 0.356 e. The number of hydrogen-bond donors (Lipinski definition) is 1. The number of H-pyrrole nitrogens is 1. The highest BCUT2D eigenvalue weighted by Crippen LogP contribution is 2.37. The molecule has 5 rings (SSSR count). The molecule has 2 aromatic carbocycles. The maximum atomic E-state index is 4.90. The molecule has 0 atom stereocenters. The van der Waals surface area contributed by atoms with E-state index < -0.39 is 0 Å². The molecule has 1 N–H and O–H groups in total. The first-order chi connectivity index (χ1) is 13.2. The molecule has 2 aromatic heterocycles. The van der Waals surface area contributed by atoms with Gasteiger partial charge in [-0.1, -0.05) is 24.3 Å². The molecular formula is C22H23N5. The van der Waals surface area contributed by atoms with Crippen molar-refractivity contribution < 1.29 is 0 Å². The van der Waals surface area contributed by atoms with Gasteiger partial charge in [-0.2, -0.15) is 5.10 Å². The van der Waals surface area contributed by atoms with E-state index in [1.807, 2.05) is 6.07 Å². The van der Waals surface area contributed by atoms with Gasteiger partial charge in [0.05, 0.1) is 28.0 Å². The summed E-state index contributed by atoms with van der Waals surface area (Å²) in [4.78, 5) is 10.9. The number of rotatable bonds is 3. The van der Waals surface area contributed by atoms with Gasteiger partial charge in [0.15, 0.2) is 0 Å². The number of para-hydroxylation sites is 1. The van der Waals surface area contributed by atoms with E-state index in [-0.39, 0.29) is 0 Å². The van der Waals surface area contributed by atoms with Crippen LogP contribution in [0.25, 0.3) is 28.1 Å². The highest BCUT2D eigenvalue weighted by Gasteiger charge is 2.26. The Kier molecular flexibility index (Phi) is 3.74. The minimum atomic E-state index is 0.900. The molecule has 136 valence electrons. The lowest BCUT2D eigenvalue weighted by Crippen LogP contribution is -2.22. The normalized spacial score (nSPS) is 14.4. The Labute approximate surface area is 158 Å². The molecular weight excluding hydrogens is 334 g/mol. The number of anilines is 1. The van der Waals surface area contributed by atoms with Crippen LogP contribution in [0.15, 0.2) is 48.5 Å². The quantitative estimate of drug-likeness (QED) is 0.581. The fraction of sp³-hybridized carbons (Fsp3) is 0.273. The smallest absolute Gasteiger partial charge is 0.144 e. The molecule has 5 nitrogen and oxygen atoms in total. The van der Waals surface area contributed by atoms with Gasteiger partial charge in [-0.25, -0.2) is 9.67 Å². The molecule has 4 aromatic rings. The standard InChI is InChI=1S/C22H23N5/c1-15-10-11-18-19(14-15)24-21(23-18)20-16(2)25-27(17-8-4-3-5-9-17)22(20)26-12-6-7-13-26/h3-5,8-11,14H,6-7,12-13H2,1-2H3,(H,23,24). The van der Waals surface area contributed by atoms with Gasteiger partial charge in [0.1, 0.15) is 11.6 Å². The van der Waals surface area contributed by atoms with Crippen molar-refractivity contribution in [3.8, 4) is 17.1 Å². The van der Waals surface area contributed by atoms with E-state index >= 15 is 0 Å². The van der Waals surface area contributed by atoms with E-state index in [1.54, 1.807) is 0 Å². The lowest BCUT2D eigenvalue weighted by atomic mass is 10.2. The third-order valence-electron chi connectivity index (χ3n) is 5.32. The minimum Gasteiger partial charge on any atom is -0.356 e. The van der Waals surface area contributed by atoms with Crippen molar-refractivity contribution in [2.24, 2.45) is 0 Å². The van der Waals surface area contributed by atoms with Crippen molar-refractivity contribution >= 4 is 16.9 Å². The van der Waals surface area contributed by atoms with Crippen LogP contribution in [0.4, 0.5) is 5.82 Å². The van der Waals surface area contributed by atoms with Crippen molar-refractivity contribution in [3.05, 3.63) is 59.8 Å². The number of fused-ring (bicyclic) bond motifs is 1. The van der Waals surface area contributed by atoms with E-state index in [0.717, 1.165) is 52.7 Å². The number of imidazole rings is 1. The van der Waals surface area contributed by atoms with Crippen molar-refractivity contribution in [2.45, 2.75) is 26.7 Å². The predicted molar refractivity (Wildman–Crippen MR) is 110 cm³/mol. The molecule has 0 unspecified atom stereocenters. The highest BCUT2D eigenvalue weighted by atomic mass is 15.4. The fourth-order valence-electron chi connectivity index (χ4n) is 4.00. The number of aromatic amines is 1. The SMILES string of the molecule is Cc1ccc2nc(-c3c(C)nn(-c4ccccc4)c3N3CCCC3)[nH]c2c1. The average Bonchev–Trinajstić information content (AvgIpc) is 3.39. The zero-order valence-corrected chi connectivity index (χ0v) is 15.7. The molecule has 0 radical (unpaired) electrons. The Morgan fingerprint density at radius 2 is 1.74 bits per heavy atom. The fourth-order valence-corrected chi connectivity index (χ4v) is 4.00. The second-order valence-electron chi connectivity index (χ2n) is 7.33. The van der Waals surface area contributed by atoms with Crippen molar-refractivity contribution in [2.75, 3.05) is 18.0 Å². The van der Waals surface area contributed by atoms with Crippen LogP contribution >= 0.6 is 0 Å². The summed E-state index contributed by atoms with van der Waals surface area (Å²) >= 11 is 0. The Bertz CT molecular complexity index is 1100. The van der Waals surface area contributed by atoms with Gasteiger partial charge in [0.25, 0.3) is 0 Å². The third kappa shape index (κ3) is 2.70. The Balaban J connectivity index is 1.74. The lowest BCUT2D eigenvalue weighted by molar-refractivity contribution is 0.815. The molecule has 5 heteroatoms. The van der Waals surface area contributed by atoms with Gasteiger partial charge < -0.3 is 9.88 Å². The van der Waals surface area contributed by atoms with E-state index in [1.165, 1.54) is 18.4 Å². The van der Waals surface area contributed by atoms with Gasteiger partial charge in [-0.15, -0.1) is 0 Å². The Morgan fingerprint density at radius 3 is 2.52 bits per heavy atom. The molecule has 1 aliphatic rings. The van der Waals surface area contributed by atoms with E-state index in [0.29, 0.717) is 0 Å². The maximum Gasteiger partial charge on any atom is 0.144 e. The number of aromatic nitrogens is 4. The maximum absolute atomic E-state index is 4.90. The van der Waals surface area contributed by atoms with E-state index in [9.17, 15) is 0 Å². The summed E-state index contributed by atoms with van der Waals surface area (Å²) in [5.41, 5.74) is 6.49. The topological polar surface area (TPSA) is 49.7 Å². The summed E-state index contributed by atoms with van der Waals surface area (Å²) in [5, 5.41) is 4.90. The van der Waals surface area contributed by atoms with E-state index in [2.05, 4.69) is 70.9 Å². The minimum absolute atomic E-state index is 0.900. The molecule has 27 heavy (non-hydrogen) atoms. The zero-order valence-electron chi connectivity index (χ0n) is 15.7. The molecule has 3 heterocycles. The highest BCUT2D eigenvalue weighted by molar-refractivity contribution is 5.84. The monoisotopic (exact) mass is 357 g/mol. The summed E-state index contributed by atoms with van der Waals surface area (Å²) in [6, 6.07) is 16.7.